The van der Waals surface area contributed by atoms with Gasteiger partial charge in [0.1, 0.15) is 11.6 Å². The molecule has 0 unspecified atom stereocenters. The number of nitrogens with one attached hydrogen (secondary N) is 1. The van der Waals surface area contributed by atoms with E-state index < -0.39 is 11.9 Å². The van der Waals surface area contributed by atoms with Crippen LogP contribution < -0.4 is 11.1 Å². The zero-order valence-corrected chi connectivity index (χ0v) is 10.7. The Morgan fingerprint density at radius 2 is 1.95 bits per heavy atom. The highest BCUT2D eigenvalue weighted by Gasteiger charge is 2.14. The zero-order chi connectivity index (χ0) is 14.5. The SMILES string of the molecule is N[C@H](Cc1ccc(O)cc1)C(=O)Nc1cccc(F)c1. The largest absolute Gasteiger partial charge is 0.508 e. The number of hydrogen-bond acceptors (Lipinski definition) is 3. The fourth-order valence-corrected chi connectivity index (χ4v) is 1.78. The van der Waals surface area contributed by atoms with Crippen molar-refractivity contribution in [1.29, 1.82) is 0 Å². The molecule has 0 radical (unpaired) electrons. The first kappa shape index (κ1) is 14.0. The minimum atomic E-state index is -0.747. The number of benzene rings is 2. The second-order valence-electron chi connectivity index (χ2n) is 4.48. The van der Waals surface area contributed by atoms with Gasteiger partial charge in [-0.1, -0.05) is 18.2 Å². The van der Waals surface area contributed by atoms with E-state index in [1.54, 1.807) is 18.2 Å². The lowest BCUT2D eigenvalue weighted by molar-refractivity contribution is -0.117. The van der Waals surface area contributed by atoms with Crippen molar-refractivity contribution in [3.8, 4) is 5.75 Å². The first-order chi connectivity index (χ1) is 9.54. The van der Waals surface area contributed by atoms with Crippen LogP contribution in [0, 0.1) is 5.82 Å². The molecule has 1 amide bonds. The number of carbonyl (C=O) groups is 1. The lowest BCUT2D eigenvalue weighted by atomic mass is 10.1. The van der Waals surface area contributed by atoms with Crippen molar-refractivity contribution in [2.75, 3.05) is 5.32 Å². The standard InChI is InChI=1S/C15H15FN2O2/c16-11-2-1-3-12(9-11)18-15(20)14(17)8-10-4-6-13(19)7-5-10/h1-7,9,14,19H,8,17H2,(H,18,20)/t14-/m1/s1. The molecule has 20 heavy (non-hydrogen) atoms. The second kappa shape index (κ2) is 6.16. The molecule has 0 aliphatic rings. The topological polar surface area (TPSA) is 75.3 Å². The Balaban J connectivity index is 1.96. The molecule has 0 aliphatic carbocycles. The van der Waals surface area contributed by atoms with Crippen LogP contribution in [0.1, 0.15) is 5.56 Å². The van der Waals surface area contributed by atoms with Crippen LogP contribution in [-0.2, 0) is 11.2 Å². The van der Waals surface area contributed by atoms with Crippen molar-refractivity contribution in [2.45, 2.75) is 12.5 Å². The minimum Gasteiger partial charge on any atom is -0.508 e. The predicted molar refractivity (Wildman–Crippen MR) is 74.8 cm³/mol. The smallest absolute Gasteiger partial charge is 0.241 e. The number of anilines is 1. The summed E-state index contributed by atoms with van der Waals surface area (Å²) in [5, 5.41) is 11.7. The fraction of sp³-hybridized carbons (Fsp3) is 0.133. The molecule has 0 fully saturated rings. The molecular weight excluding hydrogens is 259 g/mol. The molecule has 0 saturated heterocycles. The monoisotopic (exact) mass is 274 g/mol. The van der Waals surface area contributed by atoms with E-state index in [2.05, 4.69) is 5.32 Å². The molecule has 2 rings (SSSR count). The first-order valence-electron chi connectivity index (χ1n) is 6.14. The number of amides is 1. The maximum atomic E-state index is 13.0. The van der Waals surface area contributed by atoms with Crippen molar-refractivity contribution in [1.82, 2.24) is 0 Å². The lowest BCUT2D eigenvalue weighted by Crippen LogP contribution is -2.37. The highest BCUT2D eigenvalue weighted by atomic mass is 19.1. The van der Waals surface area contributed by atoms with E-state index in [1.807, 2.05) is 0 Å². The summed E-state index contributed by atoms with van der Waals surface area (Å²) < 4.78 is 13.0. The molecule has 0 heterocycles. The Kier molecular flexibility index (Phi) is 4.32. The van der Waals surface area contributed by atoms with E-state index in [9.17, 15) is 14.3 Å². The van der Waals surface area contributed by atoms with Gasteiger partial charge in [-0.15, -0.1) is 0 Å². The maximum absolute atomic E-state index is 13.0. The lowest BCUT2D eigenvalue weighted by Gasteiger charge is -2.12. The highest BCUT2D eigenvalue weighted by Crippen LogP contribution is 2.12. The average molecular weight is 274 g/mol. The van der Waals surface area contributed by atoms with Crippen LogP contribution in [0.25, 0.3) is 0 Å². The Morgan fingerprint density at radius 3 is 2.60 bits per heavy atom. The summed E-state index contributed by atoms with van der Waals surface area (Å²) in [6.07, 6.45) is 0.335. The molecule has 0 aliphatic heterocycles. The zero-order valence-electron chi connectivity index (χ0n) is 10.7. The van der Waals surface area contributed by atoms with E-state index in [4.69, 9.17) is 5.73 Å². The number of carbonyl (C=O) groups excluding carboxylic acids is 1. The van der Waals surface area contributed by atoms with Gasteiger partial charge in [-0.05, 0) is 42.3 Å². The van der Waals surface area contributed by atoms with Crippen molar-refractivity contribution >= 4 is 11.6 Å². The third-order valence-corrected chi connectivity index (χ3v) is 2.82. The van der Waals surface area contributed by atoms with Crippen LogP contribution in [0.15, 0.2) is 48.5 Å². The summed E-state index contributed by atoms with van der Waals surface area (Å²) in [4.78, 5) is 11.9. The van der Waals surface area contributed by atoms with Crippen molar-refractivity contribution in [2.24, 2.45) is 5.73 Å². The average Bonchev–Trinajstić information content (AvgIpc) is 2.41. The molecule has 0 saturated carbocycles. The Hall–Kier alpha value is -2.40. The van der Waals surface area contributed by atoms with E-state index >= 15 is 0 Å². The van der Waals surface area contributed by atoms with E-state index in [0.717, 1.165) is 5.56 Å². The van der Waals surface area contributed by atoms with Crippen molar-refractivity contribution in [3.63, 3.8) is 0 Å². The molecule has 0 aromatic heterocycles. The molecule has 5 heteroatoms. The van der Waals surface area contributed by atoms with Gasteiger partial charge in [-0.2, -0.15) is 0 Å². The summed E-state index contributed by atoms with van der Waals surface area (Å²) in [6.45, 7) is 0. The maximum Gasteiger partial charge on any atom is 0.241 e. The van der Waals surface area contributed by atoms with Gasteiger partial charge in [-0.3, -0.25) is 4.79 Å². The van der Waals surface area contributed by atoms with Crippen LogP contribution in [0.2, 0.25) is 0 Å². The van der Waals surface area contributed by atoms with Crippen molar-refractivity contribution in [3.05, 3.63) is 59.9 Å². The molecule has 1 atom stereocenters. The summed E-state index contributed by atoms with van der Waals surface area (Å²) in [5.41, 5.74) is 7.01. The number of hydrogen-bond donors (Lipinski definition) is 3. The summed E-state index contributed by atoms with van der Waals surface area (Å²) in [7, 11) is 0. The van der Waals surface area contributed by atoms with Gasteiger partial charge in [0.05, 0.1) is 6.04 Å². The summed E-state index contributed by atoms with van der Waals surface area (Å²) in [6, 6.07) is 11.3. The van der Waals surface area contributed by atoms with Gasteiger partial charge in [0.2, 0.25) is 5.91 Å². The summed E-state index contributed by atoms with van der Waals surface area (Å²) in [5.74, 6) is -0.648. The van der Waals surface area contributed by atoms with Crippen LogP contribution in [-0.4, -0.2) is 17.1 Å². The Bertz CT molecular complexity index is 599. The van der Waals surface area contributed by atoms with Crippen LogP contribution in [0.5, 0.6) is 5.75 Å². The second-order valence-corrected chi connectivity index (χ2v) is 4.48. The summed E-state index contributed by atoms with van der Waals surface area (Å²) >= 11 is 0. The predicted octanol–water partition coefficient (Wildman–Crippen LogP) is 2.04. The number of phenolic OH excluding ortho intramolecular Hbond substituents is 1. The molecular formula is C15H15FN2O2. The highest BCUT2D eigenvalue weighted by molar-refractivity contribution is 5.94. The quantitative estimate of drug-likeness (QED) is 0.798. The van der Waals surface area contributed by atoms with E-state index in [-0.39, 0.29) is 11.7 Å². The van der Waals surface area contributed by atoms with Crippen molar-refractivity contribution < 1.29 is 14.3 Å². The number of halogens is 1. The van der Waals surface area contributed by atoms with Gasteiger partial charge in [0.25, 0.3) is 0 Å². The molecule has 4 N–H and O–H groups in total. The van der Waals surface area contributed by atoms with Gasteiger partial charge in [0, 0.05) is 5.69 Å². The van der Waals surface area contributed by atoms with E-state index in [1.165, 1.54) is 30.3 Å². The number of rotatable bonds is 4. The molecule has 2 aromatic rings. The first-order valence-corrected chi connectivity index (χ1v) is 6.14. The molecule has 104 valence electrons. The Labute approximate surface area is 116 Å². The molecule has 0 spiro atoms. The van der Waals surface area contributed by atoms with Gasteiger partial charge < -0.3 is 16.2 Å². The molecule has 4 nitrogen and oxygen atoms in total. The molecule has 2 aromatic carbocycles. The van der Waals surface area contributed by atoms with E-state index in [0.29, 0.717) is 12.1 Å². The van der Waals surface area contributed by atoms with Gasteiger partial charge >= 0.3 is 0 Å². The van der Waals surface area contributed by atoms with Gasteiger partial charge in [0.15, 0.2) is 0 Å². The van der Waals surface area contributed by atoms with Gasteiger partial charge in [-0.25, -0.2) is 4.39 Å². The fourth-order valence-electron chi connectivity index (χ4n) is 1.78. The third kappa shape index (κ3) is 3.80. The molecule has 0 bridgehead atoms. The minimum absolute atomic E-state index is 0.159. The van der Waals surface area contributed by atoms with Crippen LogP contribution in [0.4, 0.5) is 10.1 Å². The Morgan fingerprint density at radius 1 is 1.25 bits per heavy atom. The number of nitrogens with two attached hydrogens (primary N) is 1. The van der Waals surface area contributed by atoms with Crippen LogP contribution in [0.3, 0.4) is 0 Å². The van der Waals surface area contributed by atoms with Crippen LogP contribution >= 0.6 is 0 Å². The number of phenols is 1. The third-order valence-electron chi connectivity index (χ3n) is 2.82. The number of aromatic hydroxyl groups is 1. The normalized spacial score (nSPS) is 11.9.